The van der Waals surface area contributed by atoms with Gasteiger partial charge in [-0.3, -0.25) is 4.57 Å². The fourth-order valence-electron chi connectivity index (χ4n) is 4.30. The van der Waals surface area contributed by atoms with Crippen molar-refractivity contribution in [1.29, 1.82) is 5.26 Å². The third kappa shape index (κ3) is 3.80. The van der Waals surface area contributed by atoms with Crippen molar-refractivity contribution in [3.63, 3.8) is 0 Å². The summed E-state index contributed by atoms with van der Waals surface area (Å²) in [6, 6.07) is 15.6. The number of nitrogens with zero attached hydrogens (tertiary/aromatic N) is 8. The second kappa shape index (κ2) is 8.46. The highest BCUT2D eigenvalue weighted by atomic mass is 16.5. The number of hydrogen-bond donors (Lipinski definition) is 1. The van der Waals surface area contributed by atoms with Crippen molar-refractivity contribution in [2.75, 3.05) is 12.4 Å². The summed E-state index contributed by atoms with van der Waals surface area (Å²) >= 11 is 0. The number of aromatic nitrogens is 7. The van der Waals surface area contributed by atoms with E-state index in [9.17, 15) is 5.26 Å². The number of hydrogen-bond acceptors (Lipinski definition) is 8. The summed E-state index contributed by atoms with van der Waals surface area (Å²) in [5.74, 6) is 3.18. The molecule has 0 bridgehead atoms. The first-order chi connectivity index (χ1) is 17.5. The lowest BCUT2D eigenvalue weighted by molar-refractivity contribution is 0.417. The molecule has 1 N–H and O–H groups in total. The Balaban J connectivity index is 1.44. The second-order valence-corrected chi connectivity index (χ2v) is 8.89. The predicted molar refractivity (Wildman–Crippen MR) is 134 cm³/mol. The lowest BCUT2D eigenvalue weighted by Crippen LogP contribution is -2.09. The molecule has 10 heteroatoms. The molecule has 10 nitrogen and oxygen atoms in total. The SMILES string of the molecule is COc1cc2c(cc1Nc1ccc(C)nn1)ncn2-c1ccc(C2CC2)c(-n2nc(C#N)cc2C)n1. The van der Waals surface area contributed by atoms with Crippen molar-refractivity contribution >= 4 is 22.5 Å². The Labute approximate surface area is 207 Å². The summed E-state index contributed by atoms with van der Waals surface area (Å²) in [7, 11) is 1.63. The average Bonchev–Trinajstić information content (AvgIpc) is 3.55. The van der Waals surface area contributed by atoms with Crippen LogP contribution in [-0.2, 0) is 0 Å². The molecule has 0 atom stereocenters. The number of pyridine rings is 1. The number of aryl methyl sites for hydroxylation is 2. The molecule has 178 valence electrons. The van der Waals surface area contributed by atoms with E-state index in [0.29, 0.717) is 29.0 Å². The van der Waals surface area contributed by atoms with Gasteiger partial charge in [0.1, 0.15) is 24.0 Å². The van der Waals surface area contributed by atoms with Crippen LogP contribution in [-0.4, -0.2) is 41.6 Å². The molecule has 1 aromatic carbocycles. The fourth-order valence-corrected chi connectivity index (χ4v) is 4.30. The molecule has 0 radical (unpaired) electrons. The topological polar surface area (TPSA) is 119 Å². The van der Waals surface area contributed by atoms with E-state index in [1.165, 1.54) is 0 Å². The lowest BCUT2D eigenvalue weighted by Gasteiger charge is -2.14. The highest BCUT2D eigenvalue weighted by molar-refractivity contribution is 5.85. The number of nitrogens with one attached hydrogen (secondary N) is 1. The third-order valence-electron chi connectivity index (χ3n) is 6.29. The third-order valence-corrected chi connectivity index (χ3v) is 6.29. The van der Waals surface area contributed by atoms with Crippen molar-refractivity contribution in [1.82, 2.24) is 34.5 Å². The Kier molecular flexibility index (Phi) is 5.11. The van der Waals surface area contributed by atoms with E-state index in [1.54, 1.807) is 24.2 Å². The zero-order chi connectivity index (χ0) is 24.8. The zero-order valence-corrected chi connectivity index (χ0v) is 20.1. The predicted octanol–water partition coefficient (Wildman–Crippen LogP) is 4.51. The highest BCUT2D eigenvalue weighted by Gasteiger charge is 2.29. The molecule has 6 rings (SSSR count). The molecule has 0 saturated heterocycles. The summed E-state index contributed by atoms with van der Waals surface area (Å²) in [5.41, 5.74) is 5.58. The number of nitriles is 1. The Morgan fingerprint density at radius 3 is 2.64 bits per heavy atom. The molecule has 5 aromatic rings. The van der Waals surface area contributed by atoms with Gasteiger partial charge in [-0.2, -0.15) is 15.5 Å². The first-order valence-corrected chi connectivity index (χ1v) is 11.6. The maximum atomic E-state index is 9.33. The smallest absolute Gasteiger partial charge is 0.163 e. The molecule has 1 saturated carbocycles. The first kappa shape index (κ1) is 21.7. The van der Waals surface area contributed by atoms with Crippen LogP contribution >= 0.6 is 0 Å². The Morgan fingerprint density at radius 2 is 1.94 bits per heavy atom. The molecule has 1 aliphatic carbocycles. The maximum absolute atomic E-state index is 9.33. The van der Waals surface area contributed by atoms with Gasteiger partial charge in [-0.15, -0.1) is 5.10 Å². The van der Waals surface area contributed by atoms with E-state index in [4.69, 9.17) is 9.72 Å². The van der Waals surface area contributed by atoms with E-state index in [1.807, 2.05) is 48.7 Å². The monoisotopic (exact) mass is 477 g/mol. The molecule has 0 aliphatic heterocycles. The van der Waals surface area contributed by atoms with Crippen molar-refractivity contribution in [2.24, 2.45) is 0 Å². The number of rotatable bonds is 6. The lowest BCUT2D eigenvalue weighted by atomic mass is 10.1. The minimum Gasteiger partial charge on any atom is -0.494 e. The van der Waals surface area contributed by atoms with Crippen LogP contribution in [0.3, 0.4) is 0 Å². The quantitative estimate of drug-likeness (QED) is 0.379. The van der Waals surface area contributed by atoms with Crippen molar-refractivity contribution in [3.8, 4) is 23.5 Å². The molecular weight excluding hydrogens is 454 g/mol. The van der Waals surface area contributed by atoms with E-state index < -0.39 is 0 Å². The minimum absolute atomic E-state index is 0.373. The average molecular weight is 478 g/mol. The largest absolute Gasteiger partial charge is 0.494 e. The van der Waals surface area contributed by atoms with Crippen LogP contribution in [0.4, 0.5) is 11.5 Å². The number of anilines is 2. The molecule has 36 heavy (non-hydrogen) atoms. The summed E-state index contributed by atoms with van der Waals surface area (Å²) in [6.07, 6.45) is 4.01. The van der Waals surface area contributed by atoms with Gasteiger partial charge in [-0.25, -0.2) is 14.6 Å². The Hall–Kier alpha value is -4.78. The standard InChI is InChI=1S/C26H23N9O/c1-15-4-8-24(32-31-15)29-21-11-20-22(12-23(21)36-3)34(14-28-20)25-9-7-19(17-5-6-17)26(30-25)35-16(2)10-18(13-27)33-35/h4,7-12,14,17H,5-6H2,1-3H3,(H,29,32). The number of imidazole rings is 1. The van der Waals surface area contributed by atoms with Crippen LogP contribution in [0, 0.1) is 25.2 Å². The van der Waals surface area contributed by atoms with Gasteiger partial charge in [-0.1, -0.05) is 6.07 Å². The molecule has 1 aliphatic rings. The van der Waals surface area contributed by atoms with E-state index in [0.717, 1.165) is 52.3 Å². The number of methoxy groups -OCH3 is 1. The first-order valence-electron chi connectivity index (χ1n) is 11.6. The highest BCUT2D eigenvalue weighted by Crippen LogP contribution is 2.43. The van der Waals surface area contributed by atoms with Crippen LogP contribution in [0.15, 0.2) is 48.8 Å². The van der Waals surface area contributed by atoms with E-state index in [-0.39, 0.29) is 0 Å². The summed E-state index contributed by atoms with van der Waals surface area (Å²) in [4.78, 5) is 9.62. The molecular formula is C26H23N9O. The Morgan fingerprint density at radius 1 is 1.08 bits per heavy atom. The van der Waals surface area contributed by atoms with Crippen molar-refractivity contribution < 1.29 is 4.74 Å². The van der Waals surface area contributed by atoms with Crippen molar-refractivity contribution in [3.05, 3.63) is 71.4 Å². The van der Waals surface area contributed by atoms with Gasteiger partial charge in [0.15, 0.2) is 17.3 Å². The maximum Gasteiger partial charge on any atom is 0.163 e. The van der Waals surface area contributed by atoms with Crippen LogP contribution < -0.4 is 10.1 Å². The summed E-state index contributed by atoms with van der Waals surface area (Å²) < 4.78 is 9.37. The number of ether oxygens (including phenoxy) is 1. The summed E-state index contributed by atoms with van der Waals surface area (Å²) in [6.45, 7) is 3.83. The second-order valence-electron chi connectivity index (χ2n) is 8.89. The van der Waals surface area contributed by atoms with Gasteiger partial charge < -0.3 is 10.1 Å². The van der Waals surface area contributed by atoms with Crippen LogP contribution in [0.5, 0.6) is 5.75 Å². The zero-order valence-electron chi connectivity index (χ0n) is 20.1. The molecule has 4 aromatic heterocycles. The fraction of sp³-hybridized carbons (Fsp3) is 0.231. The molecule has 0 spiro atoms. The molecule has 1 fully saturated rings. The molecule has 4 heterocycles. The van der Waals surface area contributed by atoms with Gasteiger partial charge in [0, 0.05) is 17.3 Å². The minimum atomic E-state index is 0.373. The normalized spacial score (nSPS) is 13.1. The van der Waals surface area contributed by atoms with Crippen LogP contribution in [0.2, 0.25) is 0 Å². The van der Waals surface area contributed by atoms with Crippen LogP contribution in [0.1, 0.15) is 41.4 Å². The van der Waals surface area contributed by atoms with Crippen molar-refractivity contribution in [2.45, 2.75) is 32.6 Å². The van der Waals surface area contributed by atoms with Gasteiger partial charge in [0.05, 0.1) is 29.5 Å². The van der Waals surface area contributed by atoms with Gasteiger partial charge in [-0.05, 0) is 62.9 Å². The number of fused-ring (bicyclic) bond motifs is 1. The summed E-state index contributed by atoms with van der Waals surface area (Å²) in [5, 5.41) is 25.3. The van der Waals surface area contributed by atoms with E-state index >= 15 is 0 Å². The van der Waals surface area contributed by atoms with Gasteiger partial charge in [0.25, 0.3) is 0 Å². The Bertz CT molecular complexity index is 1640. The van der Waals surface area contributed by atoms with E-state index in [2.05, 4.69) is 37.7 Å². The molecule has 0 unspecified atom stereocenters. The van der Waals surface area contributed by atoms with Gasteiger partial charge >= 0.3 is 0 Å². The van der Waals surface area contributed by atoms with Gasteiger partial charge in [0.2, 0.25) is 0 Å². The molecule has 0 amide bonds. The number of benzene rings is 1. The van der Waals surface area contributed by atoms with Crippen LogP contribution in [0.25, 0.3) is 22.7 Å².